The van der Waals surface area contributed by atoms with Gasteiger partial charge in [0.25, 0.3) is 5.91 Å². The Morgan fingerprint density at radius 2 is 1.96 bits per heavy atom. The van der Waals surface area contributed by atoms with E-state index in [1.165, 1.54) is 6.26 Å². The van der Waals surface area contributed by atoms with Gasteiger partial charge in [-0.05, 0) is 44.0 Å². The number of amides is 1. The summed E-state index contributed by atoms with van der Waals surface area (Å²) in [6.07, 6.45) is 0.595. The smallest absolute Gasteiger partial charge is 0.287 e. The van der Waals surface area contributed by atoms with Crippen LogP contribution in [-0.4, -0.2) is 17.6 Å². The van der Waals surface area contributed by atoms with Crippen LogP contribution in [0.2, 0.25) is 0 Å². The van der Waals surface area contributed by atoms with Crippen molar-refractivity contribution < 1.29 is 18.7 Å². The number of carbonyl (C=O) groups excluding carboxylic acids is 1. The molecule has 0 aliphatic heterocycles. The first kappa shape index (κ1) is 15.4. The van der Waals surface area contributed by atoms with Crippen molar-refractivity contribution in [3.8, 4) is 0 Å². The minimum Gasteiger partial charge on any atom is -0.467 e. The Morgan fingerprint density at radius 1 is 1.22 bits per heavy atom. The van der Waals surface area contributed by atoms with Gasteiger partial charge in [0.05, 0.1) is 12.8 Å². The zero-order valence-electron chi connectivity index (χ0n) is 13.3. The fraction of sp³-hybridized carbons (Fsp3) is 0.278. The normalized spacial score (nSPS) is 12.5. The van der Waals surface area contributed by atoms with E-state index in [-0.39, 0.29) is 18.2 Å². The zero-order chi connectivity index (χ0) is 16.6. The minimum absolute atomic E-state index is 0.0563. The number of hydrogen-bond donors (Lipinski definition) is 2. The second-order valence-electron chi connectivity index (χ2n) is 5.70. The van der Waals surface area contributed by atoms with E-state index in [0.29, 0.717) is 5.76 Å². The van der Waals surface area contributed by atoms with Crippen molar-refractivity contribution in [1.29, 1.82) is 0 Å². The van der Waals surface area contributed by atoms with Gasteiger partial charge >= 0.3 is 0 Å². The molecule has 0 bridgehead atoms. The molecular weight excluding hydrogens is 294 g/mol. The van der Waals surface area contributed by atoms with Crippen molar-refractivity contribution in [3.63, 3.8) is 0 Å². The Hall–Kier alpha value is -2.53. The lowest BCUT2D eigenvalue weighted by molar-refractivity contribution is 0.0875. The molecule has 0 fully saturated rings. The number of aryl methyl sites for hydroxylation is 3. The maximum absolute atomic E-state index is 12.4. The van der Waals surface area contributed by atoms with Crippen LogP contribution in [0.25, 0.3) is 11.0 Å². The fourth-order valence-corrected chi connectivity index (χ4v) is 2.74. The molecule has 2 aromatic heterocycles. The predicted octanol–water partition coefficient (Wildman–Crippen LogP) is 3.41. The van der Waals surface area contributed by atoms with Crippen LogP contribution in [0.3, 0.4) is 0 Å². The number of nitrogens with one attached hydrogen (secondary N) is 1. The first-order valence-corrected chi connectivity index (χ1v) is 7.48. The number of fused-ring (bicyclic) bond motifs is 1. The zero-order valence-corrected chi connectivity index (χ0v) is 13.3. The molecule has 3 rings (SSSR count). The van der Waals surface area contributed by atoms with E-state index in [1.54, 1.807) is 12.1 Å². The Balaban J connectivity index is 1.83. The van der Waals surface area contributed by atoms with Gasteiger partial charge in [-0.3, -0.25) is 4.79 Å². The van der Waals surface area contributed by atoms with E-state index < -0.39 is 6.10 Å². The average molecular weight is 313 g/mol. The van der Waals surface area contributed by atoms with Gasteiger partial charge in [0.1, 0.15) is 17.4 Å². The van der Waals surface area contributed by atoms with Crippen LogP contribution in [0, 0.1) is 20.8 Å². The summed E-state index contributed by atoms with van der Waals surface area (Å²) in [4.78, 5) is 12.4. The van der Waals surface area contributed by atoms with Crippen molar-refractivity contribution in [3.05, 3.63) is 58.7 Å². The quantitative estimate of drug-likeness (QED) is 0.774. The molecular formula is C18H19NO4. The summed E-state index contributed by atoms with van der Waals surface area (Å²) >= 11 is 0. The van der Waals surface area contributed by atoms with Crippen LogP contribution >= 0.6 is 0 Å². The largest absolute Gasteiger partial charge is 0.467 e. The van der Waals surface area contributed by atoms with Crippen LogP contribution in [0.1, 0.15) is 39.1 Å². The minimum atomic E-state index is -0.887. The molecule has 120 valence electrons. The van der Waals surface area contributed by atoms with E-state index >= 15 is 0 Å². The molecule has 23 heavy (non-hydrogen) atoms. The summed E-state index contributed by atoms with van der Waals surface area (Å²) in [6.45, 7) is 5.87. The molecule has 5 nitrogen and oxygen atoms in total. The molecule has 1 atom stereocenters. The third kappa shape index (κ3) is 2.75. The molecule has 3 aromatic rings. The summed E-state index contributed by atoms with van der Waals surface area (Å²) in [7, 11) is 0. The molecule has 0 saturated carbocycles. The second kappa shape index (κ2) is 5.93. The summed E-state index contributed by atoms with van der Waals surface area (Å²) in [6, 6.07) is 7.34. The predicted molar refractivity (Wildman–Crippen MR) is 86.4 cm³/mol. The molecule has 0 radical (unpaired) electrons. The number of hydrogen-bond acceptors (Lipinski definition) is 4. The molecule has 0 aliphatic rings. The highest BCUT2D eigenvalue weighted by atomic mass is 16.4. The lowest BCUT2D eigenvalue weighted by Gasteiger charge is -2.08. The fourth-order valence-electron chi connectivity index (χ4n) is 2.74. The van der Waals surface area contributed by atoms with Crippen LogP contribution < -0.4 is 5.32 Å². The highest BCUT2D eigenvalue weighted by molar-refractivity contribution is 6.00. The third-order valence-electron chi connectivity index (χ3n) is 4.02. The van der Waals surface area contributed by atoms with E-state index in [0.717, 1.165) is 27.7 Å². The van der Waals surface area contributed by atoms with Crippen LogP contribution in [0.15, 0.2) is 39.4 Å². The lowest BCUT2D eigenvalue weighted by Crippen LogP contribution is -2.28. The highest BCUT2D eigenvalue weighted by Crippen LogP contribution is 2.30. The van der Waals surface area contributed by atoms with Gasteiger partial charge in [0.2, 0.25) is 0 Å². The van der Waals surface area contributed by atoms with Gasteiger partial charge in [0.15, 0.2) is 5.76 Å². The number of aliphatic hydroxyl groups excluding tert-OH is 1. The lowest BCUT2D eigenvalue weighted by atomic mass is 10.0. The second-order valence-corrected chi connectivity index (χ2v) is 5.70. The third-order valence-corrected chi connectivity index (χ3v) is 4.02. The Kier molecular flexibility index (Phi) is 3.96. The van der Waals surface area contributed by atoms with E-state index in [9.17, 15) is 9.90 Å². The molecule has 0 saturated heterocycles. The van der Waals surface area contributed by atoms with Crippen molar-refractivity contribution >= 4 is 16.9 Å². The molecule has 1 amide bonds. The number of benzene rings is 1. The molecule has 0 spiro atoms. The SMILES string of the molecule is Cc1ccc(C)c2c(C)c(C(=O)NCC(O)c3ccco3)oc12. The van der Waals surface area contributed by atoms with Crippen LogP contribution in [0.5, 0.6) is 0 Å². The molecule has 5 heteroatoms. The average Bonchev–Trinajstić information content (AvgIpc) is 3.17. The van der Waals surface area contributed by atoms with Crippen molar-refractivity contribution in [2.24, 2.45) is 0 Å². The Labute approximate surface area is 133 Å². The van der Waals surface area contributed by atoms with E-state index in [2.05, 4.69) is 5.32 Å². The topological polar surface area (TPSA) is 75.6 Å². The van der Waals surface area contributed by atoms with Gasteiger partial charge in [-0.15, -0.1) is 0 Å². The van der Waals surface area contributed by atoms with Crippen molar-refractivity contribution in [2.75, 3.05) is 6.54 Å². The first-order valence-electron chi connectivity index (χ1n) is 7.48. The highest BCUT2D eigenvalue weighted by Gasteiger charge is 2.21. The Bertz CT molecular complexity index is 846. The van der Waals surface area contributed by atoms with E-state index in [1.807, 2.05) is 32.9 Å². The molecule has 2 heterocycles. The number of carbonyl (C=O) groups is 1. The molecule has 0 aliphatic carbocycles. The van der Waals surface area contributed by atoms with Gasteiger partial charge in [0, 0.05) is 10.9 Å². The number of rotatable bonds is 4. The van der Waals surface area contributed by atoms with Crippen LogP contribution in [0.4, 0.5) is 0 Å². The molecule has 1 aromatic carbocycles. The van der Waals surface area contributed by atoms with E-state index in [4.69, 9.17) is 8.83 Å². The monoisotopic (exact) mass is 313 g/mol. The maximum atomic E-state index is 12.4. The summed E-state index contributed by atoms with van der Waals surface area (Å²) in [5.74, 6) is 0.352. The van der Waals surface area contributed by atoms with Gasteiger partial charge in [-0.1, -0.05) is 12.1 Å². The summed E-state index contributed by atoms with van der Waals surface area (Å²) in [5.41, 5.74) is 3.61. The molecule has 1 unspecified atom stereocenters. The standard InChI is InChI=1S/C18H19NO4/c1-10-6-7-11(2)16-15(10)12(3)17(23-16)18(21)19-9-13(20)14-5-4-8-22-14/h4-8,13,20H,9H2,1-3H3,(H,19,21). The van der Waals surface area contributed by atoms with Gasteiger partial charge in [-0.2, -0.15) is 0 Å². The number of aliphatic hydroxyl groups is 1. The van der Waals surface area contributed by atoms with Crippen LogP contribution in [-0.2, 0) is 0 Å². The van der Waals surface area contributed by atoms with Gasteiger partial charge < -0.3 is 19.3 Å². The maximum Gasteiger partial charge on any atom is 0.287 e. The summed E-state index contributed by atoms with van der Waals surface area (Å²) in [5, 5.41) is 13.6. The van der Waals surface area contributed by atoms with Crippen molar-refractivity contribution in [1.82, 2.24) is 5.32 Å². The molecule has 2 N–H and O–H groups in total. The summed E-state index contributed by atoms with van der Waals surface area (Å²) < 4.78 is 10.9. The first-order chi connectivity index (χ1) is 11.0. The van der Waals surface area contributed by atoms with Crippen molar-refractivity contribution in [2.45, 2.75) is 26.9 Å². The number of furan rings is 2. The van der Waals surface area contributed by atoms with Gasteiger partial charge in [-0.25, -0.2) is 0 Å². The Morgan fingerprint density at radius 3 is 2.61 bits per heavy atom.